The third-order valence-electron chi connectivity index (χ3n) is 3.76. The highest BCUT2D eigenvalue weighted by Crippen LogP contribution is 2.50. The van der Waals surface area contributed by atoms with Crippen molar-refractivity contribution in [1.29, 1.82) is 0 Å². The van der Waals surface area contributed by atoms with Gasteiger partial charge in [0.15, 0.2) is 6.10 Å². The number of aliphatic imine (C=N–C) groups is 1. The fraction of sp³-hybridized carbons (Fsp3) is 0.462. The molecule has 20 heavy (non-hydrogen) atoms. The third-order valence-corrected chi connectivity index (χ3v) is 4.56. The highest BCUT2D eigenvalue weighted by molar-refractivity contribution is 8.12. The molecule has 2 aliphatic heterocycles. The number of hydrogen-bond acceptors (Lipinski definition) is 3. The molecular formula is C13H11F4NOS. The predicted octanol–water partition coefficient (Wildman–Crippen LogP) is 3.37. The Kier molecular flexibility index (Phi) is 3.29. The van der Waals surface area contributed by atoms with Crippen LogP contribution in [0.25, 0.3) is 0 Å². The van der Waals surface area contributed by atoms with E-state index in [1.165, 1.54) is 35.5 Å². The molecule has 0 aliphatic carbocycles. The number of benzene rings is 1. The monoisotopic (exact) mass is 305 g/mol. The van der Waals surface area contributed by atoms with Crippen LogP contribution in [0.1, 0.15) is 5.56 Å². The van der Waals surface area contributed by atoms with Crippen LogP contribution in [0.2, 0.25) is 0 Å². The zero-order chi connectivity index (χ0) is 14.4. The summed E-state index contributed by atoms with van der Waals surface area (Å²) < 4.78 is 58.1. The molecule has 0 saturated carbocycles. The molecule has 0 spiro atoms. The number of hydrogen-bond donors (Lipinski definition) is 0. The van der Waals surface area contributed by atoms with Crippen LogP contribution in [0.5, 0.6) is 0 Å². The van der Waals surface area contributed by atoms with Gasteiger partial charge in [-0.25, -0.2) is 4.39 Å². The van der Waals surface area contributed by atoms with Crippen LogP contribution < -0.4 is 0 Å². The maximum atomic E-state index is 14.0. The molecule has 2 aliphatic rings. The highest BCUT2D eigenvalue weighted by Gasteiger charge is 2.61. The Morgan fingerprint density at radius 3 is 2.75 bits per heavy atom. The molecular weight excluding hydrogens is 294 g/mol. The summed E-state index contributed by atoms with van der Waals surface area (Å²) in [6.07, 6.45) is -6.36. The van der Waals surface area contributed by atoms with Crippen LogP contribution in [-0.2, 0) is 10.3 Å². The molecule has 3 rings (SSSR count). The van der Waals surface area contributed by atoms with E-state index < -0.39 is 29.6 Å². The summed E-state index contributed by atoms with van der Waals surface area (Å²) in [6.45, 7) is -0.250. The van der Waals surface area contributed by atoms with E-state index in [-0.39, 0.29) is 17.9 Å². The van der Waals surface area contributed by atoms with Gasteiger partial charge in [-0.2, -0.15) is 13.2 Å². The number of halogens is 4. The van der Waals surface area contributed by atoms with Gasteiger partial charge >= 0.3 is 6.18 Å². The molecule has 1 saturated heterocycles. The summed E-state index contributed by atoms with van der Waals surface area (Å²) in [5.74, 6) is -1.25. The Balaban J connectivity index is 2.09. The second kappa shape index (κ2) is 4.73. The van der Waals surface area contributed by atoms with Crippen molar-refractivity contribution in [3.63, 3.8) is 0 Å². The van der Waals surface area contributed by atoms with Crippen molar-refractivity contribution in [2.45, 2.75) is 17.8 Å². The first-order valence-corrected chi connectivity index (χ1v) is 7.09. The van der Waals surface area contributed by atoms with Crippen molar-refractivity contribution in [3.05, 3.63) is 35.6 Å². The van der Waals surface area contributed by atoms with E-state index in [0.717, 1.165) is 0 Å². The smallest absolute Gasteiger partial charge is 0.365 e. The lowest BCUT2D eigenvalue weighted by molar-refractivity contribution is -0.215. The van der Waals surface area contributed by atoms with E-state index in [1.807, 2.05) is 0 Å². The molecule has 3 atom stereocenters. The summed E-state index contributed by atoms with van der Waals surface area (Å²) in [4.78, 5) is 4.19. The van der Waals surface area contributed by atoms with Crippen molar-refractivity contribution >= 4 is 17.3 Å². The summed E-state index contributed by atoms with van der Waals surface area (Å²) in [6, 6.07) is 5.82. The van der Waals surface area contributed by atoms with Crippen LogP contribution >= 0.6 is 11.8 Å². The van der Waals surface area contributed by atoms with E-state index in [9.17, 15) is 17.6 Å². The van der Waals surface area contributed by atoms with Gasteiger partial charge in [0.05, 0.1) is 12.2 Å². The fourth-order valence-corrected chi connectivity index (χ4v) is 3.82. The fourth-order valence-electron chi connectivity index (χ4n) is 2.81. The van der Waals surface area contributed by atoms with Crippen molar-refractivity contribution < 1.29 is 22.3 Å². The van der Waals surface area contributed by atoms with Gasteiger partial charge in [-0.05, 0) is 6.07 Å². The van der Waals surface area contributed by atoms with Crippen LogP contribution in [0.3, 0.4) is 0 Å². The molecule has 108 valence electrons. The van der Waals surface area contributed by atoms with E-state index in [1.54, 1.807) is 6.07 Å². The van der Waals surface area contributed by atoms with Crippen LogP contribution in [0.15, 0.2) is 29.3 Å². The number of thioether (sulfide) groups is 1. The van der Waals surface area contributed by atoms with E-state index in [4.69, 9.17) is 4.74 Å². The first-order valence-electron chi connectivity index (χ1n) is 6.04. The lowest BCUT2D eigenvalue weighted by atomic mass is 9.78. The summed E-state index contributed by atoms with van der Waals surface area (Å²) in [7, 11) is 0. The standard InChI is InChI=1S/C13H11F4NOS/c14-10-4-2-1-3-8(10)12-6-19-11(13(15,16)17)9(12)5-20-7-18-12/h1-4,7,9,11H,5-6H2/t9-,11+,12-/m1/s1. The normalized spacial score (nSPS) is 33.2. The predicted molar refractivity (Wildman–Crippen MR) is 68.3 cm³/mol. The maximum absolute atomic E-state index is 14.0. The Hall–Kier alpha value is -1.08. The Morgan fingerprint density at radius 1 is 1.30 bits per heavy atom. The lowest BCUT2D eigenvalue weighted by Gasteiger charge is -2.35. The summed E-state index contributed by atoms with van der Waals surface area (Å²) in [5, 5.41) is 0. The molecule has 2 nitrogen and oxygen atoms in total. The topological polar surface area (TPSA) is 21.6 Å². The minimum Gasteiger partial charge on any atom is -0.365 e. The number of fused-ring (bicyclic) bond motifs is 1. The SMILES string of the molecule is Fc1ccccc1[C@]12CO[C@H](C(F)(F)F)[C@H]1CSC=N2. The third kappa shape index (κ3) is 2.03. The van der Waals surface area contributed by atoms with Crippen LogP contribution in [-0.4, -0.2) is 30.2 Å². The minimum atomic E-state index is -4.47. The van der Waals surface area contributed by atoms with Crippen molar-refractivity contribution in [1.82, 2.24) is 0 Å². The first-order chi connectivity index (χ1) is 9.45. The molecule has 7 heteroatoms. The number of rotatable bonds is 1. The number of alkyl halides is 3. The quantitative estimate of drug-likeness (QED) is 0.742. The average molecular weight is 305 g/mol. The Morgan fingerprint density at radius 2 is 2.05 bits per heavy atom. The average Bonchev–Trinajstić information content (AvgIpc) is 2.79. The first kappa shape index (κ1) is 13.9. The number of nitrogens with zero attached hydrogens (tertiary/aromatic N) is 1. The minimum absolute atomic E-state index is 0.174. The Bertz CT molecular complexity index is 547. The van der Waals surface area contributed by atoms with Crippen LogP contribution in [0, 0.1) is 11.7 Å². The lowest BCUT2D eigenvalue weighted by Crippen LogP contribution is -2.44. The van der Waals surface area contributed by atoms with Crippen LogP contribution in [0.4, 0.5) is 17.6 Å². The molecule has 0 unspecified atom stereocenters. The molecule has 1 aromatic rings. The molecule has 1 aromatic carbocycles. The molecule has 0 N–H and O–H groups in total. The number of ether oxygens (including phenoxy) is 1. The van der Waals surface area contributed by atoms with E-state index in [0.29, 0.717) is 0 Å². The Labute approximate surface area is 117 Å². The van der Waals surface area contributed by atoms with Gasteiger partial charge in [0.25, 0.3) is 0 Å². The van der Waals surface area contributed by atoms with Gasteiger partial charge in [-0.1, -0.05) is 18.2 Å². The highest BCUT2D eigenvalue weighted by atomic mass is 32.2. The van der Waals surface area contributed by atoms with Gasteiger partial charge < -0.3 is 4.74 Å². The molecule has 2 heterocycles. The second-order valence-electron chi connectivity index (χ2n) is 4.85. The van der Waals surface area contributed by atoms with Gasteiger partial charge in [-0.15, -0.1) is 11.8 Å². The molecule has 0 radical (unpaired) electrons. The van der Waals surface area contributed by atoms with Gasteiger partial charge in [-0.3, -0.25) is 4.99 Å². The summed E-state index contributed by atoms with van der Waals surface area (Å²) >= 11 is 1.20. The van der Waals surface area contributed by atoms with Crippen molar-refractivity contribution in [2.24, 2.45) is 10.9 Å². The molecule has 0 bridgehead atoms. The zero-order valence-corrected chi connectivity index (χ0v) is 11.0. The largest absolute Gasteiger partial charge is 0.415 e. The van der Waals surface area contributed by atoms with E-state index in [2.05, 4.69) is 4.99 Å². The van der Waals surface area contributed by atoms with Gasteiger partial charge in [0.2, 0.25) is 0 Å². The van der Waals surface area contributed by atoms with Gasteiger partial charge in [0, 0.05) is 17.2 Å². The molecule has 1 fully saturated rings. The second-order valence-corrected chi connectivity index (χ2v) is 5.73. The van der Waals surface area contributed by atoms with Crippen molar-refractivity contribution in [2.75, 3.05) is 12.4 Å². The maximum Gasteiger partial charge on any atom is 0.415 e. The zero-order valence-electron chi connectivity index (χ0n) is 10.2. The molecule has 0 amide bonds. The van der Waals surface area contributed by atoms with E-state index >= 15 is 0 Å². The molecule has 0 aromatic heterocycles. The summed E-state index contributed by atoms with van der Waals surface area (Å²) in [5.41, 5.74) is 0.398. The van der Waals surface area contributed by atoms with Crippen molar-refractivity contribution in [3.8, 4) is 0 Å². The van der Waals surface area contributed by atoms with Gasteiger partial charge in [0.1, 0.15) is 11.4 Å².